The number of ketones is 1. The lowest BCUT2D eigenvalue weighted by Crippen LogP contribution is -2.19. The molecule has 1 aliphatic rings. The highest BCUT2D eigenvalue weighted by molar-refractivity contribution is 5.81. The van der Waals surface area contributed by atoms with Gasteiger partial charge in [-0.2, -0.15) is 0 Å². The van der Waals surface area contributed by atoms with Gasteiger partial charge in [-0.05, 0) is 43.9 Å². The number of hydrogen-bond acceptors (Lipinski definition) is 2. The van der Waals surface area contributed by atoms with Gasteiger partial charge in [0.05, 0.1) is 6.61 Å². The molecule has 2 nitrogen and oxygen atoms in total. The van der Waals surface area contributed by atoms with Crippen LogP contribution in [0.15, 0.2) is 18.2 Å². The molecule has 104 valence electrons. The number of carbonyl (C=O) groups is 1. The first-order valence-corrected chi connectivity index (χ1v) is 7.39. The summed E-state index contributed by atoms with van der Waals surface area (Å²) >= 11 is 0. The zero-order valence-electron chi connectivity index (χ0n) is 12.1. The number of aryl methyl sites for hydroxylation is 2. The maximum absolute atomic E-state index is 12.1. The molecule has 1 aromatic carbocycles. The molecular weight excluding hydrogens is 236 g/mol. The van der Waals surface area contributed by atoms with Crippen LogP contribution in [-0.2, 0) is 4.79 Å². The highest BCUT2D eigenvalue weighted by Crippen LogP contribution is 2.25. The summed E-state index contributed by atoms with van der Waals surface area (Å²) in [6.45, 7) is 4.61. The van der Waals surface area contributed by atoms with Crippen molar-refractivity contribution in [1.29, 1.82) is 0 Å². The fourth-order valence-corrected chi connectivity index (χ4v) is 2.75. The minimum atomic E-state index is 0.302. The Morgan fingerprint density at radius 3 is 2.68 bits per heavy atom. The summed E-state index contributed by atoms with van der Waals surface area (Å²) in [4.78, 5) is 12.1. The number of ether oxygens (including phenoxy) is 1. The molecule has 0 aromatic heterocycles. The lowest BCUT2D eigenvalue weighted by molar-refractivity contribution is -0.124. The number of benzene rings is 1. The van der Waals surface area contributed by atoms with E-state index in [4.69, 9.17) is 4.74 Å². The number of carbonyl (C=O) groups excluding carboxylic acids is 1. The van der Waals surface area contributed by atoms with Crippen LogP contribution in [-0.4, -0.2) is 12.4 Å². The van der Waals surface area contributed by atoms with Crippen molar-refractivity contribution >= 4 is 5.78 Å². The van der Waals surface area contributed by atoms with E-state index in [1.807, 2.05) is 13.0 Å². The van der Waals surface area contributed by atoms with Gasteiger partial charge in [-0.3, -0.25) is 4.79 Å². The molecular formula is C17H24O2. The molecule has 0 spiro atoms. The third-order valence-electron chi connectivity index (χ3n) is 4.01. The Labute approximate surface area is 116 Å². The minimum Gasteiger partial charge on any atom is -0.493 e. The van der Waals surface area contributed by atoms with E-state index in [0.29, 0.717) is 24.7 Å². The summed E-state index contributed by atoms with van der Waals surface area (Å²) in [6.07, 6.45) is 6.45. The first kappa shape index (κ1) is 14.1. The average Bonchev–Trinajstić information content (AvgIpc) is 2.43. The molecule has 2 rings (SSSR count). The quantitative estimate of drug-likeness (QED) is 0.792. The van der Waals surface area contributed by atoms with Crippen LogP contribution in [0.4, 0.5) is 0 Å². The van der Waals surface area contributed by atoms with Crippen molar-refractivity contribution in [3.63, 3.8) is 0 Å². The van der Waals surface area contributed by atoms with Crippen molar-refractivity contribution in [2.45, 2.75) is 52.4 Å². The van der Waals surface area contributed by atoms with Crippen molar-refractivity contribution in [2.75, 3.05) is 6.61 Å². The van der Waals surface area contributed by atoms with E-state index in [0.717, 1.165) is 24.2 Å². The van der Waals surface area contributed by atoms with Gasteiger partial charge in [-0.25, -0.2) is 0 Å². The number of Topliss-reactive ketones (excluding diaryl/α,β-unsaturated/α-hetero) is 1. The summed E-state index contributed by atoms with van der Waals surface area (Å²) in [5.41, 5.74) is 2.33. The van der Waals surface area contributed by atoms with Crippen molar-refractivity contribution < 1.29 is 9.53 Å². The Kier molecular flexibility index (Phi) is 5.00. The van der Waals surface area contributed by atoms with Gasteiger partial charge in [0.2, 0.25) is 0 Å². The molecule has 2 heteroatoms. The topological polar surface area (TPSA) is 26.3 Å². The molecule has 0 saturated heterocycles. The van der Waals surface area contributed by atoms with E-state index in [1.165, 1.54) is 24.8 Å². The predicted octanol–water partition coefficient (Wildman–Crippen LogP) is 4.22. The van der Waals surface area contributed by atoms with Gasteiger partial charge in [0.25, 0.3) is 0 Å². The summed E-state index contributed by atoms with van der Waals surface area (Å²) in [5.74, 6) is 1.61. The van der Waals surface area contributed by atoms with E-state index in [2.05, 4.69) is 19.1 Å². The lowest BCUT2D eigenvalue weighted by Gasteiger charge is -2.20. The van der Waals surface area contributed by atoms with Crippen LogP contribution in [0.25, 0.3) is 0 Å². The van der Waals surface area contributed by atoms with E-state index < -0.39 is 0 Å². The molecule has 1 aromatic rings. The second kappa shape index (κ2) is 6.74. The van der Waals surface area contributed by atoms with Crippen LogP contribution in [0.3, 0.4) is 0 Å². The van der Waals surface area contributed by atoms with Crippen LogP contribution in [0.5, 0.6) is 5.75 Å². The molecule has 0 radical (unpaired) electrons. The standard InChI is InChI=1S/C17H24O2/c1-13-8-9-14(2)17(12-13)19-11-10-16(18)15-6-4-3-5-7-15/h8-9,12,15H,3-7,10-11H2,1-2H3. The van der Waals surface area contributed by atoms with Crippen LogP contribution < -0.4 is 4.74 Å². The molecule has 1 saturated carbocycles. The summed E-state index contributed by atoms with van der Waals surface area (Å²) < 4.78 is 5.76. The van der Waals surface area contributed by atoms with Crippen molar-refractivity contribution in [2.24, 2.45) is 5.92 Å². The molecule has 1 fully saturated rings. The van der Waals surface area contributed by atoms with Crippen molar-refractivity contribution in [3.05, 3.63) is 29.3 Å². The molecule has 0 unspecified atom stereocenters. The summed E-state index contributed by atoms with van der Waals surface area (Å²) in [5, 5.41) is 0. The largest absolute Gasteiger partial charge is 0.493 e. The third kappa shape index (κ3) is 4.09. The van der Waals surface area contributed by atoms with Gasteiger partial charge < -0.3 is 4.74 Å². The van der Waals surface area contributed by atoms with E-state index in [1.54, 1.807) is 0 Å². The Morgan fingerprint density at radius 2 is 1.95 bits per heavy atom. The van der Waals surface area contributed by atoms with Crippen LogP contribution >= 0.6 is 0 Å². The Balaban J connectivity index is 1.79. The Bertz CT molecular complexity index is 431. The van der Waals surface area contributed by atoms with Crippen LogP contribution in [0.1, 0.15) is 49.7 Å². The zero-order chi connectivity index (χ0) is 13.7. The monoisotopic (exact) mass is 260 g/mol. The van der Waals surface area contributed by atoms with Gasteiger partial charge in [-0.15, -0.1) is 0 Å². The first-order chi connectivity index (χ1) is 9.16. The second-order valence-corrected chi connectivity index (χ2v) is 5.67. The Hall–Kier alpha value is -1.31. The average molecular weight is 260 g/mol. The zero-order valence-corrected chi connectivity index (χ0v) is 12.1. The summed E-state index contributed by atoms with van der Waals surface area (Å²) in [6, 6.07) is 6.18. The van der Waals surface area contributed by atoms with Gasteiger partial charge in [0, 0.05) is 12.3 Å². The Morgan fingerprint density at radius 1 is 1.21 bits per heavy atom. The second-order valence-electron chi connectivity index (χ2n) is 5.67. The van der Waals surface area contributed by atoms with Crippen molar-refractivity contribution in [1.82, 2.24) is 0 Å². The molecule has 0 atom stereocenters. The molecule has 1 aliphatic carbocycles. The summed E-state index contributed by atoms with van der Waals surface area (Å²) in [7, 11) is 0. The maximum atomic E-state index is 12.1. The first-order valence-electron chi connectivity index (χ1n) is 7.39. The van der Waals surface area contributed by atoms with Gasteiger partial charge in [0.1, 0.15) is 11.5 Å². The van der Waals surface area contributed by atoms with Gasteiger partial charge >= 0.3 is 0 Å². The smallest absolute Gasteiger partial charge is 0.139 e. The van der Waals surface area contributed by atoms with Gasteiger partial charge in [-0.1, -0.05) is 31.4 Å². The third-order valence-corrected chi connectivity index (χ3v) is 4.01. The van der Waals surface area contributed by atoms with Crippen LogP contribution in [0, 0.1) is 19.8 Å². The molecule has 19 heavy (non-hydrogen) atoms. The molecule has 0 amide bonds. The highest BCUT2D eigenvalue weighted by atomic mass is 16.5. The number of hydrogen-bond donors (Lipinski definition) is 0. The SMILES string of the molecule is Cc1ccc(C)c(OCCC(=O)C2CCCCC2)c1. The normalized spacial score (nSPS) is 16.3. The molecule has 0 bridgehead atoms. The fraction of sp³-hybridized carbons (Fsp3) is 0.588. The lowest BCUT2D eigenvalue weighted by atomic mass is 9.85. The fourth-order valence-electron chi connectivity index (χ4n) is 2.75. The minimum absolute atomic E-state index is 0.302. The molecule has 0 N–H and O–H groups in total. The van der Waals surface area contributed by atoms with E-state index in [-0.39, 0.29) is 0 Å². The molecule has 0 aliphatic heterocycles. The maximum Gasteiger partial charge on any atom is 0.139 e. The van der Waals surface area contributed by atoms with Crippen molar-refractivity contribution in [3.8, 4) is 5.75 Å². The van der Waals surface area contributed by atoms with E-state index in [9.17, 15) is 4.79 Å². The predicted molar refractivity (Wildman–Crippen MR) is 77.6 cm³/mol. The molecule has 0 heterocycles. The number of rotatable bonds is 5. The van der Waals surface area contributed by atoms with Gasteiger partial charge in [0.15, 0.2) is 0 Å². The van der Waals surface area contributed by atoms with E-state index >= 15 is 0 Å². The van der Waals surface area contributed by atoms with Crippen LogP contribution in [0.2, 0.25) is 0 Å². The highest BCUT2D eigenvalue weighted by Gasteiger charge is 2.20.